The third-order valence-corrected chi connectivity index (χ3v) is 7.45. The zero-order valence-corrected chi connectivity index (χ0v) is 18.4. The Morgan fingerprint density at radius 2 is 1.30 bits per heavy atom. The van der Waals surface area contributed by atoms with Crippen molar-refractivity contribution in [1.82, 2.24) is 0 Å². The molecule has 0 radical (unpaired) electrons. The van der Waals surface area contributed by atoms with E-state index in [9.17, 15) is 0 Å². The van der Waals surface area contributed by atoms with Crippen LogP contribution < -0.4 is 18.9 Å². The summed E-state index contributed by atoms with van der Waals surface area (Å²) in [7, 11) is -2.34. The van der Waals surface area contributed by atoms with Gasteiger partial charge in [-0.05, 0) is 24.6 Å². The Morgan fingerprint density at radius 3 is 1.55 bits per heavy atom. The van der Waals surface area contributed by atoms with Gasteiger partial charge >= 0.3 is 35.9 Å². The van der Waals surface area contributed by atoms with Crippen LogP contribution in [0.4, 0.5) is 0 Å². The first-order valence-electron chi connectivity index (χ1n) is 7.10. The molecule has 1 nitrogen and oxygen atoms in total. The third kappa shape index (κ3) is 21.8. The SMILES string of the molecule is [CH2-]CCCCO[Si](C)(C)C(C)(C)C.[CH2-][Si](C)(C)C.[Cu+].[Li+]. The zero-order valence-electron chi connectivity index (χ0n) is 15.5. The molecule has 0 N–H and O–H groups in total. The van der Waals surface area contributed by atoms with Crippen LogP contribution in [0.15, 0.2) is 0 Å². The molecule has 0 unspecified atom stereocenters. The monoisotopic (exact) mass is 358 g/mol. The van der Waals surface area contributed by atoms with Gasteiger partial charge in [-0.1, -0.05) is 46.8 Å². The van der Waals surface area contributed by atoms with E-state index in [-0.39, 0.29) is 35.9 Å². The van der Waals surface area contributed by atoms with E-state index in [1.54, 1.807) is 0 Å². The molecule has 0 spiro atoms. The van der Waals surface area contributed by atoms with E-state index in [0.717, 1.165) is 19.4 Å². The molecule has 0 bridgehead atoms. The molecule has 0 amide bonds. The van der Waals surface area contributed by atoms with Gasteiger partial charge in [0.2, 0.25) is 0 Å². The van der Waals surface area contributed by atoms with E-state index in [1.807, 2.05) is 0 Å². The van der Waals surface area contributed by atoms with Crippen molar-refractivity contribution >= 4 is 16.4 Å². The first-order chi connectivity index (χ1) is 7.81. The van der Waals surface area contributed by atoms with Crippen LogP contribution >= 0.6 is 0 Å². The van der Waals surface area contributed by atoms with E-state index < -0.39 is 16.4 Å². The van der Waals surface area contributed by atoms with Crippen LogP contribution in [0.1, 0.15) is 40.0 Å². The van der Waals surface area contributed by atoms with Crippen LogP contribution in [0.2, 0.25) is 37.8 Å². The Hall–Kier alpha value is 1.51. The van der Waals surface area contributed by atoms with Crippen molar-refractivity contribution in [1.29, 1.82) is 0 Å². The molecule has 0 aromatic carbocycles. The summed E-state index contributed by atoms with van der Waals surface area (Å²) in [5.41, 5.74) is 0. The first kappa shape index (κ1) is 29.5. The average Bonchev–Trinajstić information content (AvgIpc) is 2.07. The molecule has 5 heteroatoms. The van der Waals surface area contributed by atoms with Crippen LogP contribution in [0.5, 0.6) is 0 Å². The summed E-state index contributed by atoms with van der Waals surface area (Å²) in [6.07, 6.45) is 3.38. The van der Waals surface area contributed by atoms with Crippen LogP contribution in [0, 0.1) is 13.5 Å². The maximum absolute atomic E-state index is 6.01. The van der Waals surface area contributed by atoms with Gasteiger partial charge < -0.3 is 17.9 Å². The van der Waals surface area contributed by atoms with Gasteiger partial charge in [0, 0.05) is 6.61 Å². The Kier molecular flexibility index (Phi) is 19.2. The van der Waals surface area contributed by atoms with E-state index in [4.69, 9.17) is 4.43 Å². The zero-order chi connectivity index (χ0) is 15.0. The minimum Gasteiger partial charge on any atom is -0.417 e. The largest absolute Gasteiger partial charge is 1.00 e. The fourth-order valence-corrected chi connectivity index (χ4v) is 1.91. The Morgan fingerprint density at radius 1 is 0.950 bits per heavy atom. The number of rotatable bonds is 5. The van der Waals surface area contributed by atoms with Crippen molar-refractivity contribution < 1.29 is 40.4 Å². The number of hydrogen-bond donors (Lipinski definition) is 0. The molecule has 0 aromatic heterocycles. The van der Waals surface area contributed by atoms with Crippen molar-refractivity contribution in [2.75, 3.05) is 6.61 Å². The van der Waals surface area contributed by atoms with Gasteiger partial charge in [0.05, 0.1) is 0 Å². The van der Waals surface area contributed by atoms with Gasteiger partial charge in [0.25, 0.3) is 0 Å². The topological polar surface area (TPSA) is 9.23 Å². The van der Waals surface area contributed by atoms with Crippen molar-refractivity contribution in [3.63, 3.8) is 0 Å². The molecule has 20 heavy (non-hydrogen) atoms. The second-order valence-electron chi connectivity index (χ2n) is 7.73. The van der Waals surface area contributed by atoms with Crippen molar-refractivity contribution in [3.8, 4) is 0 Å². The molecule has 0 atom stereocenters. The molecular formula is C15H36CuLiOSi2. The molecule has 0 aliphatic rings. The molecule has 0 aliphatic heterocycles. The van der Waals surface area contributed by atoms with Gasteiger partial charge in [-0.25, -0.2) is 0 Å². The molecular weight excluding hydrogens is 323 g/mol. The average molecular weight is 359 g/mol. The summed E-state index contributed by atoms with van der Waals surface area (Å²) in [5, 5.41) is 0.345. The third-order valence-electron chi connectivity index (χ3n) is 2.91. The molecule has 0 rings (SSSR count). The number of unbranched alkanes of at least 4 members (excludes halogenated alkanes) is 2. The van der Waals surface area contributed by atoms with E-state index in [0.29, 0.717) is 5.04 Å². The Balaban J connectivity index is -0.000000158. The van der Waals surface area contributed by atoms with Crippen LogP contribution in [-0.2, 0) is 21.5 Å². The summed E-state index contributed by atoms with van der Waals surface area (Å²) in [4.78, 5) is 0. The normalized spacial score (nSPS) is 11.7. The van der Waals surface area contributed by atoms with Crippen molar-refractivity contribution in [3.05, 3.63) is 13.5 Å². The predicted molar refractivity (Wildman–Crippen MR) is 91.1 cm³/mol. The molecule has 0 saturated carbocycles. The van der Waals surface area contributed by atoms with Crippen LogP contribution in [0.25, 0.3) is 0 Å². The summed E-state index contributed by atoms with van der Waals surface area (Å²) in [6.45, 7) is 26.7. The van der Waals surface area contributed by atoms with E-state index >= 15 is 0 Å². The fourth-order valence-electron chi connectivity index (χ4n) is 0.823. The smallest absolute Gasteiger partial charge is 0.417 e. The molecule has 0 heterocycles. The summed E-state index contributed by atoms with van der Waals surface area (Å²) in [6, 6.07) is 0. The molecule has 0 aromatic rings. The Labute approximate surface area is 154 Å². The summed E-state index contributed by atoms with van der Waals surface area (Å²) >= 11 is 0. The van der Waals surface area contributed by atoms with E-state index in [2.05, 4.69) is 67.0 Å². The van der Waals surface area contributed by atoms with Crippen LogP contribution in [-0.4, -0.2) is 23.0 Å². The van der Waals surface area contributed by atoms with E-state index in [1.165, 1.54) is 6.42 Å². The summed E-state index contributed by atoms with van der Waals surface area (Å²) < 4.78 is 6.01. The maximum atomic E-state index is 6.01. The van der Waals surface area contributed by atoms with Crippen molar-refractivity contribution in [2.45, 2.75) is 77.8 Å². The number of hydrogen-bond acceptors (Lipinski definition) is 1. The first-order valence-corrected chi connectivity index (χ1v) is 13.7. The van der Waals surface area contributed by atoms with Gasteiger partial charge in [-0.2, -0.15) is 6.42 Å². The molecule has 0 fully saturated rings. The second-order valence-corrected chi connectivity index (χ2v) is 17.7. The Bertz CT molecular complexity index is 205. The minimum atomic E-state index is -1.48. The van der Waals surface area contributed by atoms with Gasteiger partial charge in [0.1, 0.15) is 0 Å². The van der Waals surface area contributed by atoms with Gasteiger partial charge in [0.15, 0.2) is 8.32 Å². The minimum absolute atomic E-state index is 0. The predicted octanol–water partition coefficient (Wildman–Crippen LogP) is 2.71. The maximum Gasteiger partial charge on any atom is 1.00 e. The fraction of sp³-hybridized carbons (Fsp3) is 0.867. The van der Waals surface area contributed by atoms with Gasteiger partial charge in [-0.15, -0.1) is 8.07 Å². The van der Waals surface area contributed by atoms with Crippen LogP contribution in [0.3, 0.4) is 0 Å². The molecule has 0 saturated heterocycles. The molecule has 0 aliphatic carbocycles. The quantitative estimate of drug-likeness (QED) is 0.417. The molecule has 122 valence electrons. The standard InChI is InChI=1S/C11H25OSi.C4H11Si.Cu.Li/c1-7-8-9-10-12-13(5,6)11(2,3)4;1-5(2,3)4;;/h1,7-10H2,2-6H3;1H2,2-4H3;;/q2*-1;2*+1. The van der Waals surface area contributed by atoms with Gasteiger partial charge in [-0.3, -0.25) is 0 Å². The second kappa shape index (κ2) is 13.0. The summed E-state index contributed by atoms with van der Waals surface area (Å²) in [5.74, 6) is 0. The van der Waals surface area contributed by atoms with Crippen molar-refractivity contribution in [2.24, 2.45) is 0 Å².